The van der Waals surface area contributed by atoms with Gasteiger partial charge < -0.3 is 10.6 Å². The molecule has 2 aromatic carbocycles. The third-order valence-electron chi connectivity index (χ3n) is 4.23. The van der Waals surface area contributed by atoms with Gasteiger partial charge in [-0.25, -0.2) is 0 Å². The van der Waals surface area contributed by atoms with Gasteiger partial charge in [0, 0.05) is 11.8 Å². The molecule has 25 heavy (non-hydrogen) atoms. The van der Waals surface area contributed by atoms with Crippen LogP contribution in [0, 0.1) is 10.1 Å². The summed E-state index contributed by atoms with van der Waals surface area (Å²) in [6.45, 7) is 6.03. The summed E-state index contributed by atoms with van der Waals surface area (Å²) in [6, 6.07) is 13.5. The topological polar surface area (TPSA) is 84.3 Å². The molecule has 0 saturated heterocycles. The summed E-state index contributed by atoms with van der Waals surface area (Å²) >= 11 is 0. The van der Waals surface area contributed by atoms with Gasteiger partial charge in [-0.15, -0.1) is 0 Å². The summed E-state index contributed by atoms with van der Waals surface area (Å²) in [4.78, 5) is 22.8. The number of benzene rings is 2. The van der Waals surface area contributed by atoms with Crippen molar-refractivity contribution in [3.05, 3.63) is 64.2 Å². The maximum atomic E-state index is 12.3. The third-order valence-corrected chi connectivity index (χ3v) is 4.23. The highest BCUT2D eigenvalue weighted by Crippen LogP contribution is 2.24. The molecule has 2 N–H and O–H groups in total. The first kappa shape index (κ1) is 18.4. The highest BCUT2D eigenvalue weighted by atomic mass is 16.6. The lowest BCUT2D eigenvalue weighted by Gasteiger charge is -2.16. The van der Waals surface area contributed by atoms with E-state index in [-0.39, 0.29) is 17.3 Å². The number of hydrogen-bond donors (Lipinski definition) is 2. The zero-order chi connectivity index (χ0) is 18.4. The lowest BCUT2D eigenvalue weighted by molar-refractivity contribution is -0.383. The van der Waals surface area contributed by atoms with Gasteiger partial charge in [-0.2, -0.15) is 0 Å². The lowest BCUT2D eigenvalue weighted by atomic mass is 9.98. The van der Waals surface area contributed by atoms with E-state index in [1.807, 2.05) is 24.3 Å². The van der Waals surface area contributed by atoms with E-state index in [1.165, 1.54) is 17.7 Å². The molecule has 0 heterocycles. The second-order valence-electron chi connectivity index (χ2n) is 6.06. The molecule has 0 radical (unpaired) electrons. The van der Waals surface area contributed by atoms with Gasteiger partial charge in [-0.1, -0.05) is 38.1 Å². The minimum Gasteiger partial charge on any atom is -0.374 e. The maximum absolute atomic E-state index is 12.3. The molecule has 0 unspecified atom stereocenters. The van der Waals surface area contributed by atoms with Crippen LogP contribution in [0.4, 0.5) is 17.1 Å². The summed E-state index contributed by atoms with van der Waals surface area (Å²) in [5, 5.41) is 16.7. The van der Waals surface area contributed by atoms with Crippen molar-refractivity contribution in [2.24, 2.45) is 0 Å². The fourth-order valence-electron chi connectivity index (χ4n) is 2.44. The third kappa shape index (κ3) is 4.79. The molecule has 6 nitrogen and oxygen atoms in total. The number of nitrogens with one attached hydrogen (secondary N) is 2. The van der Waals surface area contributed by atoms with E-state index < -0.39 is 11.0 Å². The van der Waals surface area contributed by atoms with Crippen LogP contribution in [0.3, 0.4) is 0 Å². The Morgan fingerprint density at radius 3 is 2.36 bits per heavy atom. The first-order chi connectivity index (χ1) is 11.9. The molecule has 0 spiro atoms. The van der Waals surface area contributed by atoms with Gasteiger partial charge in [0.15, 0.2) is 0 Å². The van der Waals surface area contributed by atoms with Crippen molar-refractivity contribution < 1.29 is 9.72 Å². The van der Waals surface area contributed by atoms with Crippen LogP contribution in [0.25, 0.3) is 0 Å². The molecular formula is C19H23N3O3. The van der Waals surface area contributed by atoms with Crippen molar-refractivity contribution in [2.75, 3.05) is 10.6 Å². The predicted octanol–water partition coefficient (Wildman–Crippen LogP) is 4.55. The van der Waals surface area contributed by atoms with E-state index in [2.05, 4.69) is 24.5 Å². The Labute approximate surface area is 147 Å². The molecule has 0 aromatic heterocycles. The fourth-order valence-corrected chi connectivity index (χ4v) is 2.44. The van der Waals surface area contributed by atoms with Gasteiger partial charge in [0.05, 0.1) is 4.92 Å². The molecule has 0 bridgehead atoms. The number of nitro benzene ring substituents is 1. The summed E-state index contributed by atoms with van der Waals surface area (Å²) in [5.74, 6) is 0.161. The molecule has 0 fully saturated rings. The Kier molecular flexibility index (Phi) is 6.11. The van der Waals surface area contributed by atoms with Crippen molar-refractivity contribution in [3.8, 4) is 0 Å². The van der Waals surface area contributed by atoms with Crippen molar-refractivity contribution >= 4 is 23.0 Å². The molecular weight excluding hydrogens is 318 g/mol. The van der Waals surface area contributed by atoms with Crippen molar-refractivity contribution in [3.63, 3.8) is 0 Å². The Balaban J connectivity index is 2.02. The number of nitro groups is 1. The van der Waals surface area contributed by atoms with Gasteiger partial charge in [-0.3, -0.25) is 14.9 Å². The first-order valence-electron chi connectivity index (χ1n) is 8.33. The molecule has 1 amide bonds. The number of hydrogen-bond acceptors (Lipinski definition) is 4. The Morgan fingerprint density at radius 1 is 1.12 bits per heavy atom. The van der Waals surface area contributed by atoms with E-state index >= 15 is 0 Å². The standard InChI is InChI=1S/C19H23N3O3/c1-4-13(2)15-9-11-16(12-10-15)20-14(3)19(23)21-17-7-5-6-8-18(17)22(24)25/h5-14,20H,4H2,1-3H3,(H,21,23)/t13-,14+/m0/s1. The normalized spacial score (nSPS) is 12.9. The minimum absolute atomic E-state index is 0.124. The van der Waals surface area contributed by atoms with E-state index in [1.54, 1.807) is 19.1 Å². The Bertz CT molecular complexity index is 744. The second-order valence-corrected chi connectivity index (χ2v) is 6.06. The minimum atomic E-state index is -0.533. The predicted molar refractivity (Wildman–Crippen MR) is 100.0 cm³/mol. The zero-order valence-electron chi connectivity index (χ0n) is 14.7. The molecule has 0 saturated carbocycles. The highest BCUT2D eigenvalue weighted by molar-refractivity contribution is 5.97. The molecule has 2 atom stereocenters. The number of carbonyl (C=O) groups is 1. The van der Waals surface area contributed by atoms with Gasteiger partial charge in [-0.05, 0) is 43.0 Å². The van der Waals surface area contributed by atoms with Crippen molar-refractivity contribution in [2.45, 2.75) is 39.2 Å². The van der Waals surface area contributed by atoms with Crippen LogP contribution in [0.2, 0.25) is 0 Å². The SMILES string of the molecule is CC[C@H](C)c1ccc(N[C@H](C)C(=O)Nc2ccccc2[N+](=O)[O-])cc1. The summed E-state index contributed by atoms with van der Waals surface area (Å²) in [5.41, 5.74) is 2.15. The van der Waals surface area contributed by atoms with Crippen LogP contribution in [0.1, 0.15) is 38.7 Å². The Morgan fingerprint density at radius 2 is 1.76 bits per heavy atom. The molecule has 132 valence electrons. The highest BCUT2D eigenvalue weighted by Gasteiger charge is 2.18. The van der Waals surface area contributed by atoms with Crippen LogP contribution < -0.4 is 10.6 Å². The first-order valence-corrected chi connectivity index (χ1v) is 8.33. The summed E-state index contributed by atoms with van der Waals surface area (Å²) in [6.07, 6.45) is 1.07. The number of para-hydroxylation sites is 2. The van der Waals surface area contributed by atoms with E-state index in [9.17, 15) is 14.9 Å². The van der Waals surface area contributed by atoms with Gasteiger partial charge in [0.1, 0.15) is 11.7 Å². The van der Waals surface area contributed by atoms with E-state index in [0.717, 1.165) is 12.1 Å². The van der Waals surface area contributed by atoms with Gasteiger partial charge >= 0.3 is 0 Å². The van der Waals surface area contributed by atoms with Crippen LogP contribution in [0.15, 0.2) is 48.5 Å². The van der Waals surface area contributed by atoms with Crippen LogP contribution in [-0.4, -0.2) is 16.9 Å². The van der Waals surface area contributed by atoms with Crippen LogP contribution in [0.5, 0.6) is 0 Å². The molecule has 0 aliphatic rings. The number of nitrogens with zero attached hydrogens (tertiary/aromatic N) is 1. The molecule has 2 aromatic rings. The van der Waals surface area contributed by atoms with Crippen LogP contribution in [-0.2, 0) is 4.79 Å². The Hall–Kier alpha value is -2.89. The molecule has 2 rings (SSSR count). The fraction of sp³-hybridized carbons (Fsp3) is 0.316. The number of amides is 1. The summed E-state index contributed by atoms with van der Waals surface area (Å²) < 4.78 is 0. The van der Waals surface area contributed by atoms with E-state index in [0.29, 0.717) is 5.92 Å². The van der Waals surface area contributed by atoms with E-state index in [4.69, 9.17) is 0 Å². The smallest absolute Gasteiger partial charge is 0.292 e. The van der Waals surface area contributed by atoms with Gasteiger partial charge in [0.2, 0.25) is 5.91 Å². The largest absolute Gasteiger partial charge is 0.374 e. The zero-order valence-corrected chi connectivity index (χ0v) is 14.7. The number of rotatable bonds is 7. The average molecular weight is 341 g/mol. The van der Waals surface area contributed by atoms with Gasteiger partial charge in [0.25, 0.3) is 5.69 Å². The van der Waals surface area contributed by atoms with Crippen molar-refractivity contribution in [1.82, 2.24) is 0 Å². The number of anilines is 2. The lowest BCUT2D eigenvalue weighted by Crippen LogP contribution is -2.32. The summed E-state index contributed by atoms with van der Waals surface area (Å²) in [7, 11) is 0. The molecule has 0 aliphatic heterocycles. The molecule has 0 aliphatic carbocycles. The second kappa shape index (κ2) is 8.28. The van der Waals surface area contributed by atoms with Crippen molar-refractivity contribution in [1.29, 1.82) is 0 Å². The maximum Gasteiger partial charge on any atom is 0.292 e. The quantitative estimate of drug-likeness (QED) is 0.571. The number of carbonyl (C=O) groups excluding carboxylic acids is 1. The van der Waals surface area contributed by atoms with Crippen LogP contribution >= 0.6 is 0 Å². The monoisotopic (exact) mass is 341 g/mol. The average Bonchev–Trinajstić information content (AvgIpc) is 2.61. The molecule has 6 heteroatoms.